The predicted molar refractivity (Wildman–Crippen MR) is 120 cm³/mol. The highest BCUT2D eigenvalue weighted by molar-refractivity contribution is 7.98. The molecule has 0 spiro atoms. The van der Waals surface area contributed by atoms with E-state index in [0.29, 0.717) is 17.8 Å². The number of aldehydes is 1. The number of hydrogen-bond acceptors (Lipinski definition) is 5. The highest BCUT2D eigenvalue weighted by atomic mass is 32.2. The van der Waals surface area contributed by atoms with Crippen molar-refractivity contribution in [3.63, 3.8) is 0 Å². The summed E-state index contributed by atoms with van der Waals surface area (Å²) in [7, 11) is 0. The molecular formula is C23H22N4O2S. The molecule has 1 unspecified atom stereocenters. The summed E-state index contributed by atoms with van der Waals surface area (Å²) in [6, 6.07) is 14.6. The minimum atomic E-state index is -0.431. The summed E-state index contributed by atoms with van der Waals surface area (Å²) in [5.74, 6) is 7.12. The molecule has 0 bridgehead atoms. The number of aromatic amines is 1. The van der Waals surface area contributed by atoms with E-state index in [0.717, 1.165) is 28.7 Å². The molecule has 6 nitrogen and oxygen atoms in total. The fourth-order valence-electron chi connectivity index (χ4n) is 2.79. The molecule has 0 aliphatic rings. The summed E-state index contributed by atoms with van der Waals surface area (Å²) in [5, 5.41) is 0. The number of thioether (sulfide) groups is 1. The van der Waals surface area contributed by atoms with Gasteiger partial charge >= 0.3 is 0 Å². The summed E-state index contributed by atoms with van der Waals surface area (Å²) in [5.41, 5.74) is 8.40. The Kier molecular flexibility index (Phi) is 7.84. The summed E-state index contributed by atoms with van der Waals surface area (Å²) < 4.78 is 0. The van der Waals surface area contributed by atoms with Crippen LogP contribution in [0.2, 0.25) is 0 Å². The average molecular weight is 419 g/mol. The minimum absolute atomic E-state index is 0.310. The first-order valence-corrected chi connectivity index (χ1v) is 10.8. The van der Waals surface area contributed by atoms with Gasteiger partial charge in [-0.1, -0.05) is 36.3 Å². The standard InChI is InChI=1S/C23H22N4O2S/c1-30-14-11-19(16-28)26-27-23(29)20-9-7-17(8-10-22-24-12-13-25-22)15-21(20)18-5-3-2-4-6-18/h2-7,9,12-13,15-16,19,26H,11,14H2,1H3,(H,24,25)(H,27,29). The first kappa shape index (κ1) is 21.4. The largest absolute Gasteiger partial charge is 0.338 e. The van der Waals surface area contributed by atoms with Gasteiger partial charge < -0.3 is 9.78 Å². The summed E-state index contributed by atoms with van der Waals surface area (Å²) >= 11 is 1.65. The molecule has 1 heterocycles. The molecule has 30 heavy (non-hydrogen) atoms. The van der Waals surface area contributed by atoms with Gasteiger partial charge in [-0.05, 0) is 53.7 Å². The molecule has 152 valence electrons. The number of aromatic nitrogens is 2. The lowest BCUT2D eigenvalue weighted by Crippen LogP contribution is -2.45. The van der Waals surface area contributed by atoms with E-state index in [2.05, 4.69) is 32.7 Å². The van der Waals surface area contributed by atoms with Crippen LogP contribution in [0.1, 0.15) is 28.2 Å². The van der Waals surface area contributed by atoms with E-state index in [1.165, 1.54) is 0 Å². The molecule has 3 rings (SSSR count). The molecule has 7 heteroatoms. The Hall–Kier alpha value is -3.34. The van der Waals surface area contributed by atoms with Crippen molar-refractivity contribution in [2.45, 2.75) is 12.5 Å². The molecule has 1 atom stereocenters. The maximum absolute atomic E-state index is 12.8. The molecule has 0 saturated carbocycles. The molecule has 1 amide bonds. The Morgan fingerprint density at radius 2 is 2.07 bits per heavy atom. The van der Waals surface area contributed by atoms with Crippen LogP contribution >= 0.6 is 11.8 Å². The number of rotatable bonds is 8. The molecule has 3 aromatic rings. The monoisotopic (exact) mass is 418 g/mol. The van der Waals surface area contributed by atoms with Crippen LogP contribution in [-0.2, 0) is 4.79 Å². The zero-order valence-electron chi connectivity index (χ0n) is 16.5. The van der Waals surface area contributed by atoms with Crippen LogP contribution in [0, 0.1) is 11.8 Å². The van der Waals surface area contributed by atoms with E-state index in [4.69, 9.17) is 0 Å². The normalized spacial score (nSPS) is 11.2. The van der Waals surface area contributed by atoms with Crippen LogP contribution in [0.15, 0.2) is 60.9 Å². The van der Waals surface area contributed by atoms with Crippen LogP contribution in [0.25, 0.3) is 11.1 Å². The molecular weight excluding hydrogens is 396 g/mol. The summed E-state index contributed by atoms with van der Waals surface area (Å²) in [6.07, 6.45) is 6.78. The van der Waals surface area contributed by atoms with E-state index in [-0.39, 0.29) is 5.91 Å². The van der Waals surface area contributed by atoms with E-state index in [9.17, 15) is 9.59 Å². The number of hydrogen-bond donors (Lipinski definition) is 3. The molecule has 0 aliphatic carbocycles. The van der Waals surface area contributed by atoms with Crippen LogP contribution in [0.4, 0.5) is 0 Å². The maximum atomic E-state index is 12.8. The Morgan fingerprint density at radius 1 is 1.23 bits per heavy atom. The van der Waals surface area contributed by atoms with Crippen molar-refractivity contribution >= 4 is 24.0 Å². The average Bonchev–Trinajstić information content (AvgIpc) is 3.32. The number of nitrogens with zero attached hydrogens (tertiary/aromatic N) is 1. The van der Waals surface area contributed by atoms with E-state index in [1.54, 1.807) is 36.3 Å². The number of carbonyl (C=O) groups excluding carboxylic acids is 2. The van der Waals surface area contributed by atoms with Gasteiger partial charge in [0.05, 0.1) is 6.04 Å². The van der Waals surface area contributed by atoms with Gasteiger partial charge in [0, 0.05) is 23.5 Å². The van der Waals surface area contributed by atoms with Crippen molar-refractivity contribution in [2.75, 3.05) is 12.0 Å². The first-order valence-electron chi connectivity index (χ1n) is 9.42. The zero-order valence-corrected chi connectivity index (χ0v) is 17.3. The second kappa shape index (κ2) is 11.0. The molecule has 0 radical (unpaired) electrons. The van der Waals surface area contributed by atoms with Gasteiger partial charge in [0.15, 0.2) is 5.82 Å². The number of hydrazine groups is 1. The van der Waals surface area contributed by atoms with Gasteiger partial charge in [-0.25, -0.2) is 10.4 Å². The lowest BCUT2D eigenvalue weighted by atomic mass is 9.97. The van der Waals surface area contributed by atoms with E-state index in [1.807, 2.05) is 42.7 Å². The van der Waals surface area contributed by atoms with Crippen molar-refractivity contribution in [2.24, 2.45) is 0 Å². The predicted octanol–water partition coefficient (Wildman–Crippen LogP) is 3.03. The Bertz CT molecular complexity index is 1040. The highest BCUT2D eigenvalue weighted by Crippen LogP contribution is 2.25. The number of amides is 1. The van der Waals surface area contributed by atoms with Crippen molar-refractivity contribution in [3.8, 4) is 23.0 Å². The third-order valence-electron chi connectivity index (χ3n) is 4.34. The molecule has 0 saturated heterocycles. The Morgan fingerprint density at radius 3 is 2.77 bits per heavy atom. The van der Waals surface area contributed by atoms with Gasteiger partial charge in [-0.3, -0.25) is 10.2 Å². The highest BCUT2D eigenvalue weighted by Gasteiger charge is 2.15. The van der Waals surface area contributed by atoms with Crippen LogP contribution in [-0.4, -0.2) is 40.2 Å². The number of carbonyl (C=O) groups is 2. The van der Waals surface area contributed by atoms with Crippen molar-refractivity contribution in [3.05, 3.63) is 77.9 Å². The van der Waals surface area contributed by atoms with E-state index < -0.39 is 6.04 Å². The zero-order chi connectivity index (χ0) is 21.2. The second-order valence-electron chi connectivity index (χ2n) is 6.44. The lowest BCUT2D eigenvalue weighted by Gasteiger charge is -2.15. The van der Waals surface area contributed by atoms with E-state index >= 15 is 0 Å². The molecule has 3 N–H and O–H groups in total. The van der Waals surface area contributed by atoms with Crippen LogP contribution in [0.5, 0.6) is 0 Å². The number of benzene rings is 2. The SMILES string of the molecule is CSCCC(C=O)NNC(=O)c1ccc(C#Cc2ncc[nH]2)cc1-c1ccccc1. The number of imidazole rings is 1. The smallest absolute Gasteiger partial charge is 0.266 e. The third-order valence-corrected chi connectivity index (χ3v) is 4.98. The van der Waals surface area contributed by atoms with Crippen LogP contribution in [0.3, 0.4) is 0 Å². The van der Waals surface area contributed by atoms with Crippen molar-refractivity contribution < 1.29 is 9.59 Å². The van der Waals surface area contributed by atoms with Crippen molar-refractivity contribution in [1.29, 1.82) is 0 Å². The third kappa shape index (κ3) is 5.83. The molecule has 1 aromatic heterocycles. The topological polar surface area (TPSA) is 86.9 Å². The second-order valence-corrected chi connectivity index (χ2v) is 7.42. The van der Waals surface area contributed by atoms with Crippen LogP contribution < -0.4 is 10.9 Å². The van der Waals surface area contributed by atoms with Gasteiger partial charge in [0.25, 0.3) is 5.91 Å². The number of nitrogens with one attached hydrogen (secondary N) is 3. The van der Waals surface area contributed by atoms with Gasteiger partial charge in [0.2, 0.25) is 0 Å². The lowest BCUT2D eigenvalue weighted by molar-refractivity contribution is -0.109. The summed E-state index contributed by atoms with van der Waals surface area (Å²) in [6.45, 7) is 0. The molecule has 0 fully saturated rings. The maximum Gasteiger partial charge on any atom is 0.266 e. The fourth-order valence-corrected chi connectivity index (χ4v) is 3.28. The summed E-state index contributed by atoms with van der Waals surface area (Å²) in [4.78, 5) is 31.1. The quantitative estimate of drug-likeness (QED) is 0.297. The Balaban J connectivity index is 1.85. The number of H-pyrrole nitrogens is 1. The molecule has 2 aromatic carbocycles. The first-order chi connectivity index (χ1) is 14.7. The van der Waals surface area contributed by atoms with Gasteiger partial charge in [-0.15, -0.1) is 0 Å². The fraction of sp³-hybridized carbons (Fsp3) is 0.174. The van der Waals surface area contributed by atoms with Gasteiger partial charge in [0.1, 0.15) is 6.29 Å². The molecule has 0 aliphatic heterocycles. The van der Waals surface area contributed by atoms with Gasteiger partial charge in [-0.2, -0.15) is 11.8 Å². The van der Waals surface area contributed by atoms with Crippen molar-refractivity contribution in [1.82, 2.24) is 20.8 Å². The Labute approximate surface area is 179 Å². The minimum Gasteiger partial charge on any atom is -0.338 e.